The summed E-state index contributed by atoms with van der Waals surface area (Å²) in [5.74, 6) is 1.26. The topological polar surface area (TPSA) is 95.9 Å². The smallest absolute Gasteiger partial charge is 0.182 e. The van der Waals surface area contributed by atoms with Gasteiger partial charge in [0.2, 0.25) is 0 Å². The fourth-order valence-electron chi connectivity index (χ4n) is 1.91. The number of rotatable bonds is 6. The molecular formula is C13H19N5O2S. The number of ether oxygens (including phenoxy) is 1. The molecule has 0 bridgehead atoms. The highest BCUT2D eigenvalue weighted by Gasteiger charge is 2.13. The molecule has 2 atom stereocenters. The van der Waals surface area contributed by atoms with Gasteiger partial charge in [0, 0.05) is 34.4 Å². The van der Waals surface area contributed by atoms with Crippen LogP contribution in [0.5, 0.6) is 5.75 Å². The zero-order valence-corrected chi connectivity index (χ0v) is 13.1. The van der Waals surface area contributed by atoms with Crippen LogP contribution in [0.1, 0.15) is 13.3 Å². The summed E-state index contributed by atoms with van der Waals surface area (Å²) in [4.78, 5) is 0. The minimum Gasteiger partial charge on any atom is -0.495 e. The first-order valence-corrected chi connectivity index (χ1v) is 8.17. The predicted octanol–water partition coefficient (Wildman–Crippen LogP) is 1.09. The summed E-state index contributed by atoms with van der Waals surface area (Å²) < 4.78 is 18.2. The second kappa shape index (κ2) is 6.66. The first-order valence-electron chi connectivity index (χ1n) is 6.55. The summed E-state index contributed by atoms with van der Waals surface area (Å²) in [7, 11) is 0.722. The molecule has 7 nitrogen and oxygen atoms in total. The van der Waals surface area contributed by atoms with Crippen molar-refractivity contribution in [2.24, 2.45) is 0 Å². The molecular weight excluding hydrogens is 290 g/mol. The van der Waals surface area contributed by atoms with Crippen LogP contribution in [0.3, 0.4) is 0 Å². The molecule has 0 aliphatic rings. The molecule has 2 N–H and O–H groups in total. The minimum absolute atomic E-state index is 0.1000. The Morgan fingerprint density at radius 2 is 2.24 bits per heavy atom. The van der Waals surface area contributed by atoms with Crippen LogP contribution in [0.4, 0.5) is 5.69 Å². The number of nitrogen functional groups attached to an aromatic ring is 1. The minimum atomic E-state index is -0.849. The van der Waals surface area contributed by atoms with E-state index in [0.29, 0.717) is 23.8 Å². The molecule has 8 heteroatoms. The van der Waals surface area contributed by atoms with Crippen LogP contribution in [0.2, 0.25) is 0 Å². The molecule has 1 aromatic carbocycles. The maximum atomic E-state index is 11.4. The lowest BCUT2D eigenvalue weighted by molar-refractivity contribution is 0.417. The monoisotopic (exact) mass is 309 g/mol. The number of benzene rings is 1. The molecule has 1 heterocycles. The quantitative estimate of drug-likeness (QED) is 0.802. The maximum absolute atomic E-state index is 11.4. The molecule has 1 aromatic heterocycles. The van der Waals surface area contributed by atoms with Crippen molar-refractivity contribution < 1.29 is 8.95 Å². The Bertz CT molecular complexity index is 643. The average molecular weight is 309 g/mol. The van der Waals surface area contributed by atoms with E-state index in [2.05, 4.69) is 15.5 Å². The SMILES string of the molecule is COc1ccc(-c2nnnn2CCC(C)S(C)=O)cc1N. The van der Waals surface area contributed by atoms with E-state index in [1.165, 1.54) is 0 Å². The predicted molar refractivity (Wildman–Crippen MR) is 82.4 cm³/mol. The van der Waals surface area contributed by atoms with Gasteiger partial charge >= 0.3 is 0 Å². The van der Waals surface area contributed by atoms with Crippen molar-refractivity contribution >= 4 is 16.5 Å². The van der Waals surface area contributed by atoms with Crippen LogP contribution in [-0.2, 0) is 17.3 Å². The number of hydrogen-bond acceptors (Lipinski definition) is 6. The van der Waals surface area contributed by atoms with E-state index >= 15 is 0 Å². The van der Waals surface area contributed by atoms with Crippen molar-refractivity contribution in [1.82, 2.24) is 20.2 Å². The Hall–Kier alpha value is -1.96. The van der Waals surface area contributed by atoms with Crippen molar-refractivity contribution in [2.75, 3.05) is 19.1 Å². The normalized spacial score (nSPS) is 13.9. The number of aromatic nitrogens is 4. The van der Waals surface area contributed by atoms with Crippen LogP contribution < -0.4 is 10.5 Å². The lowest BCUT2D eigenvalue weighted by Crippen LogP contribution is -2.14. The highest BCUT2D eigenvalue weighted by atomic mass is 32.2. The highest BCUT2D eigenvalue weighted by molar-refractivity contribution is 7.84. The standard InChI is InChI=1S/C13H19N5O2S/c1-9(21(3)19)6-7-18-13(15-16-17-18)10-4-5-12(20-2)11(14)8-10/h4-5,8-9H,6-7,14H2,1-3H3. The Morgan fingerprint density at radius 3 is 2.86 bits per heavy atom. The van der Waals surface area contributed by atoms with E-state index in [4.69, 9.17) is 10.5 Å². The first-order chi connectivity index (χ1) is 10.0. The van der Waals surface area contributed by atoms with Crippen LogP contribution >= 0.6 is 0 Å². The summed E-state index contributed by atoms with van der Waals surface area (Å²) in [6, 6.07) is 5.43. The van der Waals surface area contributed by atoms with Crippen molar-refractivity contribution in [2.45, 2.75) is 25.1 Å². The summed E-state index contributed by atoms with van der Waals surface area (Å²) in [5, 5.41) is 11.8. The fourth-order valence-corrected chi connectivity index (χ4v) is 2.34. The van der Waals surface area contributed by atoms with Gasteiger partial charge in [0.1, 0.15) is 5.75 Å². The van der Waals surface area contributed by atoms with Gasteiger partial charge < -0.3 is 10.5 Å². The van der Waals surface area contributed by atoms with Crippen LogP contribution in [0.25, 0.3) is 11.4 Å². The molecule has 2 unspecified atom stereocenters. The molecule has 21 heavy (non-hydrogen) atoms. The zero-order chi connectivity index (χ0) is 15.4. The van der Waals surface area contributed by atoms with E-state index in [9.17, 15) is 4.21 Å². The number of hydrogen-bond donors (Lipinski definition) is 1. The Balaban J connectivity index is 2.20. The zero-order valence-electron chi connectivity index (χ0n) is 12.3. The number of nitrogens with two attached hydrogens (primary N) is 1. The first kappa shape index (κ1) is 15.4. The molecule has 0 saturated heterocycles. The van der Waals surface area contributed by atoms with E-state index in [1.807, 2.05) is 13.0 Å². The molecule has 0 fully saturated rings. The second-order valence-corrected chi connectivity index (χ2v) is 6.58. The van der Waals surface area contributed by atoms with Gasteiger partial charge in [-0.05, 0) is 35.0 Å². The van der Waals surface area contributed by atoms with Gasteiger partial charge in [0.25, 0.3) is 0 Å². The molecule has 0 radical (unpaired) electrons. The third kappa shape index (κ3) is 3.57. The van der Waals surface area contributed by atoms with Gasteiger partial charge in [-0.3, -0.25) is 4.21 Å². The maximum Gasteiger partial charge on any atom is 0.182 e. The third-order valence-electron chi connectivity index (χ3n) is 3.33. The van der Waals surface area contributed by atoms with Gasteiger partial charge in [-0.25, -0.2) is 4.68 Å². The molecule has 2 rings (SSSR count). The van der Waals surface area contributed by atoms with Crippen LogP contribution in [0, 0.1) is 0 Å². The average Bonchev–Trinajstić information content (AvgIpc) is 2.92. The third-order valence-corrected chi connectivity index (χ3v) is 4.70. The Morgan fingerprint density at radius 1 is 1.48 bits per heavy atom. The van der Waals surface area contributed by atoms with Crippen molar-refractivity contribution in [3.63, 3.8) is 0 Å². The summed E-state index contributed by atoms with van der Waals surface area (Å²) in [6.07, 6.45) is 2.45. The molecule has 2 aromatic rings. The van der Waals surface area contributed by atoms with Crippen molar-refractivity contribution in [1.29, 1.82) is 0 Å². The molecule has 0 aliphatic heterocycles. The van der Waals surface area contributed by atoms with E-state index in [1.54, 1.807) is 30.2 Å². The van der Waals surface area contributed by atoms with E-state index in [-0.39, 0.29) is 5.25 Å². The number of methoxy groups -OCH3 is 1. The van der Waals surface area contributed by atoms with E-state index < -0.39 is 10.8 Å². The van der Waals surface area contributed by atoms with Crippen LogP contribution in [-0.4, -0.2) is 43.0 Å². The Kier molecular flexibility index (Phi) is 4.89. The lowest BCUT2D eigenvalue weighted by Gasteiger charge is -2.10. The Labute approximate surface area is 125 Å². The van der Waals surface area contributed by atoms with Gasteiger partial charge in [0.15, 0.2) is 5.82 Å². The molecule has 114 valence electrons. The lowest BCUT2D eigenvalue weighted by atomic mass is 10.1. The van der Waals surface area contributed by atoms with Crippen molar-refractivity contribution in [3.05, 3.63) is 18.2 Å². The molecule has 0 saturated carbocycles. The largest absolute Gasteiger partial charge is 0.495 e. The second-order valence-electron chi connectivity index (χ2n) is 4.78. The number of tetrazole rings is 1. The van der Waals surface area contributed by atoms with Crippen molar-refractivity contribution in [3.8, 4) is 17.1 Å². The number of aryl methyl sites for hydroxylation is 1. The number of anilines is 1. The molecule has 0 aliphatic carbocycles. The van der Waals surface area contributed by atoms with Gasteiger partial charge in [-0.2, -0.15) is 0 Å². The number of nitrogens with zero attached hydrogens (tertiary/aromatic N) is 4. The van der Waals surface area contributed by atoms with Gasteiger partial charge in [-0.15, -0.1) is 5.10 Å². The van der Waals surface area contributed by atoms with Crippen LogP contribution in [0.15, 0.2) is 18.2 Å². The van der Waals surface area contributed by atoms with Gasteiger partial charge in [-0.1, -0.05) is 6.92 Å². The summed E-state index contributed by atoms with van der Waals surface area (Å²) >= 11 is 0. The molecule has 0 amide bonds. The molecule has 0 spiro atoms. The summed E-state index contributed by atoms with van der Waals surface area (Å²) in [6.45, 7) is 2.56. The summed E-state index contributed by atoms with van der Waals surface area (Å²) in [5.41, 5.74) is 7.26. The fraction of sp³-hybridized carbons (Fsp3) is 0.462. The van der Waals surface area contributed by atoms with Gasteiger partial charge in [0.05, 0.1) is 12.8 Å². The van der Waals surface area contributed by atoms with E-state index in [0.717, 1.165) is 12.0 Å². The highest BCUT2D eigenvalue weighted by Crippen LogP contribution is 2.27.